The summed E-state index contributed by atoms with van der Waals surface area (Å²) in [4.78, 5) is 25.1. The summed E-state index contributed by atoms with van der Waals surface area (Å²) in [6.07, 6.45) is 1.63. The van der Waals surface area contributed by atoms with Gasteiger partial charge in [0.2, 0.25) is 10.0 Å². The van der Waals surface area contributed by atoms with Gasteiger partial charge in [-0.3, -0.25) is 14.5 Å². The van der Waals surface area contributed by atoms with Crippen LogP contribution in [0.5, 0.6) is 0 Å². The molecule has 8 heteroatoms. The molecule has 1 fully saturated rings. The van der Waals surface area contributed by atoms with Crippen LogP contribution >= 0.6 is 0 Å². The highest BCUT2D eigenvalue weighted by atomic mass is 32.2. The lowest BCUT2D eigenvalue weighted by atomic mass is 9.98. The minimum Gasteiger partial charge on any atom is -0.317 e. The fourth-order valence-electron chi connectivity index (χ4n) is 3.35. The first-order valence-electron chi connectivity index (χ1n) is 8.53. The molecule has 0 unspecified atom stereocenters. The second-order valence-corrected chi connectivity index (χ2v) is 8.47. The van der Waals surface area contributed by atoms with Crippen LogP contribution in [0.25, 0.3) is 0 Å². The smallest absolute Gasteiger partial charge is 0.261 e. The Hall–Kier alpha value is -1.77. The number of benzene rings is 1. The molecule has 0 atom stereocenters. The minimum absolute atomic E-state index is 0.0767. The Kier molecular flexibility index (Phi) is 4.95. The summed E-state index contributed by atoms with van der Waals surface area (Å²) in [6.45, 7) is 4.82. The number of hydrogen-bond acceptors (Lipinski definition) is 5. The lowest BCUT2D eigenvalue weighted by molar-refractivity contribution is 0.0693. The molecule has 0 saturated carbocycles. The average Bonchev–Trinajstić information content (AvgIpc) is 2.84. The molecule has 2 aliphatic heterocycles. The van der Waals surface area contributed by atoms with E-state index in [1.54, 1.807) is 0 Å². The van der Waals surface area contributed by atoms with E-state index in [-0.39, 0.29) is 16.0 Å². The molecule has 0 aliphatic carbocycles. The van der Waals surface area contributed by atoms with Crippen molar-refractivity contribution in [3.63, 3.8) is 0 Å². The summed E-state index contributed by atoms with van der Waals surface area (Å²) in [5.74, 6) is -0.367. The third kappa shape index (κ3) is 3.21. The van der Waals surface area contributed by atoms with Gasteiger partial charge in [0, 0.05) is 20.1 Å². The number of nitrogens with one attached hydrogen (secondary N) is 1. The lowest BCUT2D eigenvalue weighted by Gasteiger charge is -2.31. The summed E-state index contributed by atoms with van der Waals surface area (Å²) in [5.41, 5.74) is 0.423. The molecule has 25 heavy (non-hydrogen) atoms. The van der Waals surface area contributed by atoms with Gasteiger partial charge in [-0.2, -0.15) is 4.31 Å². The Morgan fingerprint density at radius 1 is 1.12 bits per heavy atom. The Balaban J connectivity index is 1.78. The van der Waals surface area contributed by atoms with E-state index in [1.807, 2.05) is 0 Å². The van der Waals surface area contributed by atoms with Gasteiger partial charge in [0.05, 0.1) is 16.0 Å². The van der Waals surface area contributed by atoms with E-state index in [9.17, 15) is 18.0 Å². The third-order valence-electron chi connectivity index (χ3n) is 4.96. The topological polar surface area (TPSA) is 86.8 Å². The first-order valence-corrected chi connectivity index (χ1v) is 9.97. The summed E-state index contributed by atoms with van der Waals surface area (Å²) >= 11 is 0. The van der Waals surface area contributed by atoms with Crippen molar-refractivity contribution in [2.45, 2.75) is 24.7 Å². The van der Waals surface area contributed by atoms with E-state index < -0.39 is 21.8 Å². The van der Waals surface area contributed by atoms with Gasteiger partial charge in [-0.15, -0.1) is 0 Å². The zero-order valence-corrected chi connectivity index (χ0v) is 15.3. The maximum absolute atomic E-state index is 12.9. The van der Waals surface area contributed by atoms with Gasteiger partial charge < -0.3 is 5.32 Å². The van der Waals surface area contributed by atoms with Crippen molar-refractivity contribution in [3.8, 4) is 0 Å². The molecule has 136 valence electrons. The van der Waals surface area contributed by atoms with E-state index in [4.69, 9.17) is 0 Å². The SMILES string of the molecule is CCNCC1CCN(S(=O)(=O)c2ccc3c(c2)C(=O)N(C)C3=O)CC1. The van der Waals surface area contributed by atoms with Crippen LogP contribution in [-0.4, -0.2) is 62.7 Å². The van der Waals surface area contributed by atoms with E-state index >= 15 is 0 Å². The number of carbonyl (C=O) groups is 2. The Morgan fingerprint density at radius 3 is 2.40 bits per heavy atom. The number of piperidine rings is 1. The standard InChI is InChI=1S/C17H23N3O4S/c1-3-18-11-12-6-8-20(9-7-12)25(23,24)13-4-5-14-15(10-13)17(22)19(2)16(14)21/h4-5,10,12,18H,3,6-9,11H2,1-2H3. The first-order chi connectivity index (χ1) is 11.9. The summed E-state index contributed by atoms with van der Waals surface area (Å²) < 4.78 is 27.2. The molecule has 1 aromatic carbocycles. The zero-order valence-electron chi connectivity index (χ0n) is 14.5. The van der Waals surface area contributed by atoms with Gasteiger partial charge in [0.25, 0.3) is 11.8 Å². The van der Waals surface area contributed by atoms with Crippen LogP contribution < -0.4 is 5.32 Å². The molecule has 1 N–H and O–H groups in total. The minimum atomic E-state index is -3.66. The number of hydrogen-bond donors (Lipinski definition) is 1. The summed E-state index contributed by atoms with van der Waals surface area (Å²) in [7, 11) is -2.26. The van der Waals surface area contributed by atoms with Gasteiger partial charge in [-0.25, -0.2) is 8.42 Å². The van der Waals surface area contributed by atoms with Crippen molar-refractivity contribution < 1.29 is 18.0 Å². The quantitative estimate of drug-likeness (QED) is 0.784. The molecule has 0 radical (unpaired) electrons. The molecule has 2 aliphatic rings. The molecule has 1 aromatic rings. The Labute approximate surface area is 148 Å². The number of imide groups is 1. The van der Waals surface area contributed by atoms with Crippen molar-refractivity contribution in [2.75, 3.05) is 33.2 Å². The molecular weight excluding hydrogens is 342 g/mol. The van der Waals surface area contributed by atoms with Crippen LogP contribution in [0.2, 0.25) is 0 Å². The van der Waals surface area contributed by atoms with Crippen molar-refractivity contribution in [1.29, 1.82) is 0 Å². The van der Waals surface area contributed by atoms with Crippen LogP contribution in [0, 0.1) is 5.92 Å². The van der Waals surface area contributed by atoms with Crippen molar-refractivity contribution in [3.05, 3.63) is 29.3 Å². The van der Waals surface area contributed by atoms with Crippen molar-refractivity contribution >= 4 is 21.8 Å². The van der Waals surface area contributed by atoms with Crippen molar-refractivity contribution in [1.82, 2.24) is 14.5 Å². The van der Waals surface area contributed by atoms with Crippen molar-refractivity contribution in [2.24, 2.45) is 5.92 Å². The second-order valence-electron chi connectivity index (χ2n) is 6.53. The monoisotopic (exact) mass is 365 g/mol. The maximum atomic E-state index is 12.9. The van der Waals surface area contributed by atoms with Gasteiger partial charge >= 0.3 is 0 Å². The molecule has 0 aromatic heterocycles. The van der Waals surface area contributed by atoms with E-state index in [0.717, 1.165) is 30.8 Å². The predicted octanol–water partition coefficient (Wildman–Crippen LogP) is 0.923. The maximum Gasteiger partial charge on any atom is 0.261 e. The van der Waals surface area contributed by atoms with Gasteiger partial charge in [-0.05, 0) is 50.0 Å². The number of rotatable bonds is 5. The number of carbonyl (C=O) groups excluding carboxylic acids is 2. The van der Waals surface area contributed by atoms with Gasteiger partial charge in [0.1, 0.15) is 0 Å². The van der Waals surface area contributed by atoms with Crippen LogP contribution in [0.15, 0.2) is 23.1 Å². The predicted molar refractivity (Wildman–Crippen MR) is 92.9 cm³/mol. The van der Waals surface area contributed by atoms with Crippen LogP contribution in [-0.2, 0) is 10.0 Å². The molecule has 0 bridgehead atoms. The fraction of sp³-hybridized carbons (Fsp3) is 0.529. The molecule has 0 spiro atoms. The van der Waals surface area contributed by atoms with Gasteiger partial charge in [0.15, 0.2) is 0 Å². The molecule has 1 saturated heterocycles. The Morgan fingerprint density at radius 2 is 1.76 bits per heavy atom. The van der Waals surface area contributed by atoms with E-state index in [1.165, 1.54) is 29.6 Å². The first kappa shape index (κ1) is 18.0. The molecule has 2 amide bonds. The lowest BCUT2D eigenvalue weighted by Crippen LogP contribution is -2.40. The van der Waals surface area contributed by atoms with Crippen LogP contribution in [0.1, 0.15) is 40.5 Å². The Bertz CT molecular complexity index is 798. The zero-order chi connectivity index (χ0) is 18.2. The summed E-state index contributed by atoms with van der Waals surface area (Å²) in [6, 6.07) is 4.19. The molecule has 7 nitrogen and oxygen atoms in total. The number of fused-ring (bicyclic) bond motifs is 1. The highest BCUT2D eigenvalue weighted by molar-refractivity contribution is 7.89. The summed E-state index contributed by atoms with van der Waals surface area (Å²) in [5, 5.41) is 3.30. The fourth-order valence-corrected chi connectivity index (χ4v) is 4.85. The number of amides is 2. The number of sulfonamides is 1. The van der Waals surface area contributed by atoms with Crippen LogP contribution in [0.4, 0.5) is 0 Å². The molecule has 2 heterocycles. The van der Waals surface area contributed by atoms with E-state index in [2.05, 4.69) is 12.2 Å². The third-order valence-corrected chi connectivity index (χ3v) is 6.85. The largest absolute Gasteiger partial charge is 0.317 e. The average molecular weight is 365 g/mol. The van der Waals surface area contributed by atoms with E-state index in [0.29, 0.717) is 19.0 Å². The number of nitrogens with zero attached hydrogens (tertiary/aromatic N) is 2. The normalized spacial score (nSPS) is 19.5. The molecular formula is C17H23N3O4S. The van der Waals surface area contributed by atoms with Gasteiger partial charge in [-0.1, -0.05) is 6.92 Å². The second kappa shape index (κ2) is 6.86. The van der Waals surface area contributed by atoms with Crippen LogP contribution in [0.3, 0.4) is 0 Å². The highest BCUT2D eigenvalue weighted by Gasteiger charge is 2.35. The highest BCUT2D eigenvalue weighted by Crippen LogP contribution is 2.28. The molecule has 3 rings (SSSR count).